The van der Waals surface area contributed by atoms with Gasteiger partial charge < -0.3 is 14.0 Å². The first kappa shape index (κ1) is 20.9. The molecule has 0 aliphatic carbocycles. The third kappa shape index (κ3) is 4.10. The normalized spacial score (nSPS) is 10.6. The molecular weight excluding hydrogens is 420 g/mol. The fourth-order valence-corrected chi connectivity index (χ4v) is 2.73. The van der Waals surface area contributed by atoms with E-state index < -0.39 is 29.3 Å². The van der Waals surface area contributed by atoms with Crippen LogP contribution in [-0.4, -0.2) is 37.4 Å². The van der Waals surface area contributed by atoms with E-state index in [-0.39, 0.29) is 39.8 Å². The monoisotopic (exact) mass is 434 g/mol. The van der Waals surface area contributed by atoms with E-state index in [0.717, 1.165) is 17.4 Å². The summed E-state index contributed by atoms with van der Waals surface area (Å²) in [5.74, 6) is -3.65. The standard InChI is InChI=1S/C17H14N4O8S/c1-3-12(22)27-10-6-5-9(7-11(10)28-13(23)4-2)14(24)21-16(25)20(17(26)29-21)15-19-18-8-30-15/h5-8H,3-4H2,1-2H3. The summed E-state index contributed by atoms with van der Waals surface area (Å²) in [4.78, 5) is 60.5. The van der Waals surface area contributed by atoms with Crippen LogP contribution in [-0.2, 0) is 9.59 Å². The minimum atomic E-state index is -1.13. The summed E-state index contributed by atoms with van der Waals surface area (Å²) in [6, 6.07) is 3.55. The quantitative estimate of drug-likeness (QED) is 0.401. The van der Waals surface area contributed by atoms with Gasteiger partial charge in [-0.2, -0.15) is 4.57 Å². The molecule has 0 aliphatic heterocycles. The molecular formula is C17H14N4O8S. The Morgan fingerprint density at radius 3 is 2.33 bits per heavy atom. The topological polar surface area (TPSA) is 153 Å². The van der Waals surface area contributed by atoms with Crippen molar-refractivity contribution in [1.29, 1.82) is 0 Å². The molecule has 2 heterocycles. The molecule has 3 aromatic rings. The Morgan fingerprint density at radius 1 is 1.07 bits per heavy atom. The molecule has 0 fully saturated rings. The molecule has 0 amide bonds. The van der Waals surface area contributed by atoms with Crippen molar-refractivity contribution >= 4 is 29.2 Å². The Hall–Kier alpha value is -3.87. The van der Waals surface area contributed by atoms with Crippen LogP contribution in [0.2, 0.25) is 0 Å². The molecule has 0 bridgehead atoms. The summed E-state index contributed by atoms with van der Waals surface area (Å²) in [6.07, 6.45) is 0.0971. The first-order valence-corrected chi connectivity index (χ1v) is 9.45. The van der Waals surface area contributed by atoms with Crippen LogP contribution in [0, 0.1) is 0 Å². The van der Waals surface area contributed by atoms with Gasteiger partial charge in [-0.1, -0.05) is 29.9 Å². The van der Waals surface area contributed by atoms with Crippen LogP contribution in [0.3, 0.4) is 0 Å². The second kappa shape index (κ2) is 8.65. The zero-order valence-electron chi connectivity index (χ0n) is 15.7. The van der Waals surface area contributed by atoms with Crippen molar-refractivity contribution in [2.45, 2.75) is 26.7 Å². The van der Waals surface area contributed by atoms with Crippen molar-refractivity contribution in [3.05, 3.63) is 50.3 Å². The molecule has 0 N–H and O–H groups in total. The molecule has 30 heavy (non-hydrogen) atoms. The Kier molecular flexibility index (Phi) is 6.01. The van der Waals surface area contributed by atoms with Gasteiger partial charge in [0.1, 0.15) is 5.51 Å². The molecule has 3 rings (SSSR count). The van der Waals surface area contributed by atoms with Gasteiger partial charge >= 0.3 is 23.4 Å². The summed E-state index contributed by atoms with van der Waals surface area (Å²) in [6.45, 7) is 3.13. The lowest BCUT2D eigenvalue weighted by atomic mass is 10.2. The Labute approximate surface area is 171 Å². The molecule has 0 spiro atoms. The lowest BCUT2D eigenvalue weighted by Crippen LogP contribution is -2.30. The van der Waals surface area contributed by atoms with E-state index in [1.54, 1.807) is 13.8 Å². The fourth-order valence-electron chi connectivity index (χ4n) is 2.19. The summed E-state index contributed by atoms with van der Waals surface area (Å²) in [5, 5.41) is 7.05. The summed E-state index contributed by atoms with van der Waals surface area (Å²) >= 11 is 0.897. The number of aromatic nitrogens is 4. The lowest BCUT2D eigenvalue weighted by Gasteiger charge is -2.11. The maximum absolute atomic E-state index is 12.7. The molecule has 0 saturated heterocycles. The Morgan fingerprint density at radius 2 is 1.73 bits per heavy atom. The predicted octanol–water partition coefficient (Wildman–Crippen LogP) is 0.763. The lowest BCUT2D eigenvalue weighted by molar-refractivity contribution is -0.136. The smallest absolute Gasteiger partial charge is 0.423 e. The first-order chi connectivity index (χ1) is 14.3. The minimum absolute atomic E-state index is 0.0262. The number of esters is 2. The molecule has 2 aromatic heterocycles. The number of nitrogens with zero attached hydrogens (tertiary/aromatic N) is 4. The van der Waals surface area contributed by atoms with E-state index in [1.807, 2.05) is 0 Å². The van der Waals surface area contributed by atoms with Gasteiger partial charge in [0.2, 0.25) is 5.13 Å². The molecule has 156 valence electrons. The van der Waals surface area contributed by atoms with E-state index in [0.29, 0.717) is 4.57 Å². The van der Waals surface area contributed by atoms with E-state index in [9.17, 15) is 24.0 Å². The second-order valence-electron chi connectivity index (χ2n) is 5.61. The highest BCUT2D eigenvalue weighted by Crippen LogP contribution is 2.29. The van der Waals surface area contributed by atoms with Gasteiger partial charge in [0.25, 0.3) is 5.91 Å². The van der Waals surface area contributed by atoms with Crippen LogP contribution in [0.25, 0.3) is 5.13 Å². The van der Waals surface area contributed by atoms with Gasteiger partial charge in [-0.15, -0.1) is 10.2 Å². The largest absolute Gasteiger partial charge is 0.449 e. The van der Waals surface area contributed by atoms with E-state index in [4.69, 9.17) is 14.0 Å². The third-order valence-electron chi connectivity index (χ3n) is 3.66. The van der Waals surface area contributed by atoms with Crippen LogP contribution in [0.5, 0.6) is 11.5 Å². The number of ether oxygens (including phenoxy) is 2. The molecule has 0 atom stereocenters. The zero-order chi connectivity index (χ0) is 21.8. The van der Waals surface area contributed by atoms with E-state index in [1.165, 1.54) is 17.6 Å². The molecule has 0 saturated carbocycles. The maximum atomic E-state index is 12.7. The maximum Gasteiger partial charge on any atom is 0.449 e. The predicted molar refractivity (Wildman–Crippen MR) is 100 cm³/mol. The highest BCUT2D eigenvalue weighted by atomic mass is 32.1. The summed E-state index contributed by atoms with van der Waals surface area (Å²) < 4.78 is 15.7. The number of hydrogen-bond acceptors (Lipinski definition) is 11. The highest BCUT2D eigenvalue weighted by Gasteiger charge is 2.23. The van der Waals surface area contributed by atoms with Gasteiger partial charge in [0.05, 0.1) is 0 Å². The Bertz CT molecular complexity index is 1220. The molecule has 0 aliphatic rings. The van der Waals surface area contributed by atoms with E-state index in [2.05, 4.69) is 10.2 Å². The van der Waals surface area contributed by atoms with Gasteiger partial charge in [-0.3, -0.25) is 14.4 Å². The zero-order valence-corrected chi connectivity index (χ0v) is 16.5. The van der Waals surface area contributed by atoms with Crippen LogP contribution in [0.1, 0.15) is 37.0 Å². The number of hydrogen-bond donors (Lipinski definition) is 0. The molecule has 13 heteroatoms. The van der Waals surface area contributed by atoms with Crippen LogP contribution in [0.4, 0.5) is 0 Å². The number of rotatable bonds is 6. The molecule has 0 radical (unpaired) electrons. The first-order valence-electron chi connectivity index (χ1n) is 8.57. The van der Waals surface area contributed by atoms with Crippen molar-refractivity contribution in [2.75, 3.05) is 0 Å². The van der Waals surface area contributed by atoms with Crippen LogP contribution < -0.4 is 20.9 Å². The van der Waals surface area contributed by atoms with Crippen LogP contribution >= 0.6 is 11.3 Å². The van der Waals surface area contributed by atoms with E-state index >= 15 is 0 Å². The average Bonchev–Trinajstić information content (AvgIpc) is 3.35. The fraction of sp³-hybridized carbons (Fsp3) is 0.235. The number of carbonyl (C=O) groups excluding carboxylic acids is 3. The van der Waals surface area contributed by atoms with Crippen LogP contribution in [0.15, 0.2) is 37.8 Å². The molecule has 0 unspecified atom stereocenters. The highest BCUT2D eigenvalue weighted by molar-refractivity contribution is 7.11. The summed E-state index contributed by atoms with van der Waals surface area (Å²) in [7, 11) is 0. The van der Waals surface area contributed by atoms with Crippen molar-refractivity contribution < 1.29 is 28.4 Å². The molecule has 12 nitrogen and oxygen atoms in total. The van der Waals surface area contributed by atoms with Gasteiger partial charge in [0, 0.05) is 18.4 Å². The Balaban J connectivity index is 2.02. The summed E-state index contributed by atoms with van der Waals surface area (Å²) in [5.41, 5.74) is 0.0474. The SMILES string of the molecule is CCC(=O)Oc1ccc(C(=O)n2oc(=O)n(-c3nncs3)c2=O)cc1OC(=O)CC. The van der Waals surface area contributed by atoms with Gasteiger partial charge in [-0.05, 0) is 18.2 Å². The third-order valence-corrected chi connectivity index (χ3v) is 4.33. The van der Waals surface area contributed by atoms with Crippen molar-refractivity contribution in [2.24, 2.45) is 0 Å². The van der Waals surface area contributed by atoms with Crippen molar-refractivity contribution in [3.63, 3.8) is 0 Å². The number of benzene rings is 1. The van der Waals surface area contributed by atoms with Gasteiger partial charge in [-0.25, -0.2) is 9.59 Å². The minimum Gasteiger partial charge on any atom is -0.423 e. The van der Waals surface area contributed by atoms with Crippen molar-refractivity contribution in [1.82, 2.24) is 19.5 Å². The van der Waals surface area contributed by atoms with Crippen molar-refractivity contribution in [3.8, 4) is 16.6 Å². The number of carbonyl (C=O) groups is 3. The second-order valence-corrected chi connectivity index (χ2v) is 6.42. The van der Waals surface area contributed by atoms with Gasteiger partial charge in [0.15, 0.2) is 11.5 Å². The molecule has 1 aromatic carbocycles. The average molecular weight is 434 g/mol.